The van der Waals surface area contributed by atoms with Gasteiger partial charge in [-0.25, -0.2) is 0 Å². The zero-order valence-corrected chi connectivity index (χ0v) is 21.1. The highest BCUT2D eigenvalue weighted by molar-refractivity contribution is 5.95. The summed E-state index contributed by atoms with van der Waals surface area (Å²) in [5.74, 6) is 1.22. The Kier molecular flexibility index (Phi) is 6.50. The van der Waals surface area contributed by atoms with Gasteiger partial charge in [-0.15, -0.1) is 0 Å². The number of aromatic nitrogens is 3. The highest BCUT2D eigenvalue weighted by atomic mass is 16.5. The van der Waals surface area contributed by atoms with E-state index in [0.717, 1.165) is 52.4 Å². The average molecular weight is 486 g/mol. The number of rotatable bonds is 6. The predicted octanol–water partition coefficient (Wildman–Crippen LogP) is 4.07. The van der Waals surface area contributed by atoms with Gasteiger partial charge in [0.05, 0.1) is 18.2 Å². The topological polar surface area (TPSA) is 72.7 Å². The Labute approximate surface area is 211 Å². The Morgan fingerprint density at radius 3 is 2.36 bits per heavy atom. The molecule has 0 unspecified atom stereocenters. The number of piperazine rings is 1. The van der Waals surface area contributed by atoms with Crippen molar-refractivity contribution < 1.29 is 14.3 Å². The number of benzene rings is 2. The lowest BCUT2D eigenvalue weighted by molar-refractivity contribution is -0.138. The zero-order valence-electron chi connectivity index (χ0n) is 21.1. The first-order valence-corrected chi connectivity index (χ1v) is 12.2. The summed E-state index contributed by atoms with van der Waals surface area (Å²) in [4.78, 5) is 22.1. The highest BCUT2D eigenvalue weighted by Gasteiger charge is 2.27. The van der Waals surface area contributed by atoms with E-state index in [9.17, 15) is 4.79 Å². The number of carbonyl (C=O) groups excluding carboxylic acids is 1. The highest BCUT2D eigenvalue weighted by Crippen LogP contribution is 2.33. The lowest BCUT2D eigenvalue weighted by atomic mass is 10.0. The van der Waals surface area contributed by atoms with E-state index in [2.05, 4.69) is 22.1 Å². The first kappa shape index (κ1) is 23.7. The smallest absolute Gasteiger partial charge is 0.263 e. The summed E-state index contributed by atoms with van der Waals surface area (Å²) in [5, 5.41) is 5.55. The second-order valence-electron chi connectivity index (χ2n) is 9.05. The summed E-state index contributed by atoms with van der Waals surface area (Å²) in [7, 11) is 3.54. The quantitative estimate of drug-likeness (QED) is 0.410. The van der Waals surface area contributed by atoms with E-state index in [4.69, 9.17) is 14.5 Å². The van der Waals surface area contributed by atoms with Crippen molar-refractivity contribution in [2.45, 2.75) is 20.0 Å². The molecule has 8 nitrogen and oxygen atoms in total. The number of hydrogen-bond acceptors (Lipinski definition) is 6. The molecule has 8 heteroatoms. The predicted molar refractivity (Wildman–Crippen MR) is 141 cm³/mol. The normalized spacial score (nSPS) is 14.7. The van der Waals surface area contributed by atoms with Crippen LogP contribution in [0.15, 0.2) is 60.7 Å². The number of hydrogen-bond donors (Lipinski definition) is 0. The van der Waals surface area contributed by atoms with Crippen LogP contribution in [0.25, 0.3) is 22.2 Å². The fourth-order valence-electron chi connectivity index (χ4n) is 4.79. The third-order valence-electron chi connectivity index (χ3n) is 6.70. The van der Waals surface area contributed by atoms with E-state index in [1.54, 1.807) is 18.7 Å². The van der Waals surface area contributed by atoms with Crippen molar-refractivity contribution >= 4 is 22.6 Å². The minimum Gasteiger partial charge on any atom is -0.497 e. The molecule has 1 saturated heterocycles. The maximum Gasteiger partial charge on any atom is 0.263 e. The van der Waals surface area contributed by atoms with Gasteiger partial charge in [-0.05, 0) is 49.2 Å². The minimum atomic E-state index is -0.652. The summed E-state index contributed by atoms with van der Waals surface area (Å²) in [6, 6.07) is 20.0. The van der Waals surface area contributed by atoms with E-state index in [1.807, 2.05) is 67.4 Å². The van der Waals surface area contributed by atoms with Crippen LogP contribution in [0.4, 0.5) is 5.69 Å². The van der Waals surface area contributed by atoms with Crippen LogP contribution in [0.1, 0.15) is 12.6 Å². The summed E-state index contributed by atoms with van der Waals surface area (Å²) in [6.45, 7) is 6.58. The van der Waals surface area contributed by atoms with E-state index in [-0.39, 0.29) is 5.91 Å². The first-order valence-electron chi connectivity index (χ1n) is 12.2. The Morgan fingerprint density at radius 1 is 1.00 bits per heavy atom. The molecule has 4 aromatic rings. The molecule has 2 aromatic heterocycles. The number of methoxy groups -OCH3 is 1. The number of fused-ring (bicyclic) bond motifs is 1. The van der Waals surface area contributed by atoms with Crippen molar-refractivity contribution in [2.24, 2.45) is 7.05 Å². The second kappa shape index (κ2) is 9.89. The molecule has 1 amide bonds. The van der Waals surface area contributed by atoms with Crippen LogP contribution in [0.5, 0.6) is 11.6 Å². The van der Waals surface area contributed by atoms with Gasteiger partial charge in [0.1, 0.15) is 5.75 Å². The molecule has 0 radical (unpaired) electrons. The van der Waals surface area contributed by atoms with Gasteiger partial charge in [-0.2, -0.15) is 10.1 Å². The second-order valence-corrected chi connectivity index (χ2v) is 9.05. The lowest BCUT2D eigenvalue weighted by Gasteiger charge is -2.37. The maximum absolute atomic E-state index is 13.2. The molecular formula is C28H31N5O3. The molecule has 5 rings (SSSR count). The summed E-state index contributed by atoms with van der Waals surface area (Å²) in [6.07, 6.45) is -0.652. The van der Waals surface area contributed by atoms with Gasteiger partial charge in [0.2, 0.25) is 5.88 Å². The molecule has 2 aromatic carbocycles. The Morgan fingerprint density at radius 2 is 1.69 bits per heavy atom. The van der Waals surface area contributed by atoms with Crippen molar-refractivity contribution in [3.8, 4) is 22.8 Å². The summed E-state index contributed by atoms with van der Waals surface area (Å²) < 4.78 is 13.1. The third kappa shape index (κ3) is 4.58. The van der Waals surface area contributed by atoms with Gasteiger partial charge >= 0.3 is 0 Å². The minimum absolute atomic E-state index is 0.0336. The number of aryl methyl sites for hydroxylation is 2. The molecule has 1 aliphatic heterocycles. The van der Waals surface area contributed by atoms with E-state index < -0.39 is 6.10 Å². The van der Waals surface area contributed by atoms with Crippen molar-refractivity contribution in [1.29, 1.82) is 0 Å². The Bertz CT molecular complexity index is 1360. The maximum atomic E-state index is 13.2. The molecule has 36 heavy (non-hydrogen) atoms. The fraction of sp³-hybridized carbons (Fsp3) is 0.321. The number of ether oxygens (including phenoxy) is 2. The zero-order chi connectivity index (χ0) is 25.2. The molecule has 1 aliphatic rings. The van der Waals surface area contributed by atoms with Gasteiger partial charge in [-0.3, -0.25) is 9.48 Å². The third-order valence-corrected chi connectivity index (χ3v) is 6.70. The molecule has 0 N–H and O–H groups in total. The lowest BCUT2D eigenvalue weighted by Crippen LogP contribution is -2.52. The van der Waals surface area contributed by atoms with E-state index in [0.29, 0.717) is 19.0 Å². The van der Waals surface area contributed by atoms with Gasteiger partial charge < -0.3 is 19.3 Å². The van der Waals surface area contributed by atoms with Crippen molar-refractivity contribution in [1.82, 2.24) is 19.7 Å². The number of carbonyl (C=O) groups is 1. The molecule has 0 saturated carbocycles. The fourth-order valence-corrected chi connectivity index (χ4v) is 4.79. The average Bonchev–Trinajstić information content (AvgIpc) is 3.21. The van der Waals surface area contributed by atoms with Crippen LogP contribution in [-0.2, 0) is 11.8 Å². The molecule has 0 bridgehead atoms. The largest absolute Gasteiger partial charge is 0.497 e. The molecule has 3 heterocycles. The summed E-state index contributed by atoms with van der Waals surface area (Å²) in [5.41, 5.74) is 4.82. The monoisotopic (exact) mass is 485 g/mol. The van der Waals surface area contributed by atoms with Crippen molar-refractivity contribution in [2.75, 3.05) is 38.2 Å². The molecule has 186 valence electrons. The van der Waals surface area contributed by atoms with Gasteiger partial charge in [0.15, 0.2) is 11.8 Å². The van der Waals surface area contributed by atoms with E-state index >= 15 is 0 Å². The van der Waals surface area contributed by atoms with Gasteiger partial charge in [0.25, 0.3) is 5.91 Å². The molecular weight excluding hydrogens is 454 g/mol. The van der Waals surface area contributed by atoms with Crippen LogP contribution in [-0.4, -0.2) is 65.0 Å². The van der Waals surface area contributed by atoms with E-state index in [1.165, 1.54) is 0 Å². The standard InChI is InChI=1S/C28H31N5O3/c1-19-26-24(21-8-6-5-7-9-21)18-25(29-27(26)31(3)30-19)36-20(2)28(34)33-16-14-32(15-17-33)22-10-12-23(35-4)13-11-22/h5-13,18,20H,14-17H2,1-4H3/t20-/m1/s1. The number of pyridine rings is 1. The van der Waals surface area contributed by atoms with Gasteiger partial charge in [-0.1, -0.05) is 30.3 Å². The van der Waals surface area contributed by atoms with Crippen LogP contribution in [0.2, 0.25) is 0 Å². The molecule has 0 spiro atoms. The SMILES string of the molecule is COc1ccc(N2CCN(C(=O)[C@@H](C)Oc3cc(-c4ccccc4)c4c(C)nn(C)c4n3)CC2)cc1. The van der Waals surface area contributed by atoms with Crippen molar-refractivity contribution in [3.05, 3.63) is 66.4 Å². The van der Waals surface area contributed by atoms with Crippen LogP contribution in [0.3, 0.4) is 0 Å². The molecule has 1 atom stereocenters. The Balaban J connectivity index is 1.30. The summed E-state index contributed by atoms with van der Waals surface area (Å²) >= 11 is 0. The van der Waals surface area contributed by atoms with Crippen LogP contribution in [0, 0.1) is 6.92 Å². The number of anilines is 1. The molecule has 1 fully saturated rings. The number of nitrogens with zero attached hydrogens (tertiary/aromatic N) is 5. The first-order chi connectivity index (χ1) is 17.4. The van der Waals surface area contributed by atoms with Crippen LogP contribution >= 0.6 is 0 Å². The van der Waals surface area contributed by atoms with Crippen LogP contribution < -0.4 is 14.4 Å². The van der Waals surface area contributed by atoms with Crippen molar-refractivity contribution in [3.63, 3.8) is 0 Å². The number of amides is 1. The van der Waals surface area contributed by atoms with Gasteiger partial charge in [0, 0.05) is 45.0 Å². The molecule has 0 aliphatic carbocycles. The Hall–Kier alpha value is -4.07.